The van der Waals surface area contributed by atoms with Gasteiger partial charge in [-0.2, -0.15) is 0 Å². The van der Waals surface area contributed by atoms with Crippen molar-refractivity contribution in [1.29, 1.82) is 0 Å². The van der Waals surface area contributed by atoms with Crippen LogP contribution < -0.4 is 10.2 Å². The first-order valence-electron chi connectivity index (χ1n) is 7.01. The lowest BCUT2D eigenvalue weighted by Crippen LogP contribution is -2.21. The Morgan fingerprint density at radius 3 is 2.55 bits per heavy atom. The second-order valence-corrected chi connectivity index (χ2v) is 5.46. The molecule has 2 aromatic rings. The molecule has 2 aromatic carbocycles. The summed E-state index contributed by atoms with van der Waals surface area (Å²) in [6.07, 6.45) is 0. The molecule has 1 amide bonds. The van der Waals surface area contributed by atoms with Gasteiger partial charge >= 0.3 is 0 Å². The fraction of sp³-hybridized carbons (Fsp3) is 0.235. The van der Waals surface area contributed by atoms with E-state index in [9.17, 15) is 4.79 Å². The Kier molecular flexibility index (Phi) is 5.41. The summed E-state index contributed by atoms with van der Waals surface area (Å²) in [7, 11) is 1.90. The number of likely N-dealkylation sites (N-methyl/N-ethyl adjacent to an activating group) is 1. The molecular weight excluding hydrogens is 300 g/mol. The largest absolute Gasteiger partial charge is 0.395 e. The van der Waals surface area contributed by atoms with Crippen molar-refractivity contribution >= 4 is 28.9 Å². The van der Waals surface area contributed by atoms with E-state index in [-0.39, 0.29) is 12.5 Å². The molecule has 0 radical (unpaired) electrons. The summed E-state index contributed by atoms with van der Waals surface area (Å²) >= 11 is 6.16. The van der Waals surface area contributed by atoms with Crippen LogP contribution in [0.3, 0.4) is 0 Å². The van der Waals surface area contributed by atoms with Crippen molar-refractivity contribution in [3.8, 4) is 0 Å². The van der Waals surface area contributed by atoms with Crippen LogP contribution in [0, 0.1) is 6.92 Å². The highest BCUT2D eigenvalue weighted by Gasteiger charge is 2.12. The molecule has 0 heterocycles. The van der Waals surface area contributed by atoms with Gasteiger partial charge in [0.05, 0.1) is 17.2 Å². The van der Waals surface area contributed by atoms with Crippen LogP contribution >= 0.6 is 11.6 Å². The van der Waals surface area contributed by atoms with Crippen molar-refractivity contribution in [3.63, 3.8) is 0 Å². The number of carbonyl (C=O) groups is 1. The molecule has 4 nitrogen and oxygen atoms in total. The summed E-state index contributed by atoms with van der Waals surface area (Å²) in [5.41, 5.74) is 3.00. The SMILES string of the molecule is Cc1cccc(C(=O)Nc2ccc(N(C)CCO)cc2)c1Cl. The predicted molar refractivity (Wildman–Crippen MR) is 90.9 cm³/mol. The lowest BCUT2D eigenvalue weighted by Gasteiger charge is -2.18. The standard InChI is InChI=1S/C17H19ClN2O2/c1-12-4-3-5-15(16(12)18)17(22)19-13-6-8-14(9-7-13)20(2)10-11-21/h3-9,21H,10-11H2,1-2H3,(H,19,22). The van der Waals surface area contributed by atoms with Crippen molar-refractivity contribution < 1.29 is 9.90 Å². The minimum atomic E-state index is -0.231. The van der Waals surface area contributed by atoms with Crippen LogP contribution in [0.5, 0.6) is 0 Å². The van der Waals surface area contributed by atoms with Gasteiger partial charge in [0, 0.05) is 25.0 Å². The molecule has 5 heteroatoms. The van der Waals surface area contributed by atoms with Crippen LogP contribution in [0.15, 0.2) is 42.5 Å². The molecule has 0 aliphatic carbocycles. The third kappa shape index (κ3) is 3.78. The summed E-state index contributed by atoms with van der Waals surface area (Å²) in [5.74, 6) is -0.231. The minimum Gasteiger partial charge on any atom is -0.395 e. The van der Waals surface area contributed by atoms with Crippen molar-refractivity contribution in [2.45, 2.75) is 6.92 Å². The molecule has 2 rings (SSSR count). The van der Waals surface area contributed by atoms with Gasteiger partial charge in [-0.25, -0.2) is 0 Å². The molecule has 0 fully saturated rings. The summed E-state index contributed by atoms with van der Waals surface area (Å²) in [6, 6.07) is 12.8. The van der Waals surface area contributed by atoms with Crippen LogP contribution in [0.2, 0.25) is 5.02 Å². The number of hydrogen-bond acceptors (Lipinski definition) is 3. The van der Waals surface area contributed by atoms with Crippen molar-refractivity contribution in [3.05, 3.63) is 58.6 Å². The average Bonchev–Trinajstić information content (AvgIpc) is 2.51. The van der Waals surface area contributed by atoms with E-state index in [1.165, 1.54) is 0 Å². The first-order valence-corrected chi connectivity index (χ1v) is 7.39. The van der Waals surface area contributed by atoms with Gasteiger partial charge in [-0.15, -0.1) is 0 Å². The number of carbonyl (C=O) groups excluding carboxylic acids is 1. The van der Waals surface area contributed by atoms with E-state index in [0.29, 0.717) is 22.8 Å². The highest BCUT2D eigenvalue weighted by Crippen LogP contribution is 2.22. The van der Waals surface area contributed by atoms with E-state index in [1.54, 1.807) is 6.07 Å². The molecule has 0 aromatic heterocycles. The fourth-order valence-corrected chi connectivity index (χ4v) is 2.31. The number of nitrogens with zero attached hydrogens (tertiary/aromatic N) is 1. The Bertz CT molecular complexity index is 656. The minimum absolute atomic E-state index is 0.0981. The Balaban J connectivity index is 2.10. The van der Waals surface area contributed by atoms with Gasteiger partial charge in [0.15, 0.2) is 0 Å². The quantitative estimate of drug-likeness (QED) is 0.889. The van der Waals surface area contributed by atoms with Crippen LogP contribution in [0.4, 0.5) is 11.4 Å². The Labute approximate surface area is 135 Å². The third-order valence-electron chi connectivity index (χ3n) is 3.44. The lowest BCUT2D eigenvalue weighted by atomic mass is 10.1. The second kappa shape index (κ2) is 7.29. The Morgan fingerprint density at radius 2 is 1.91 bits per heavy atom. The summed E-state index contributed by atoms with van der Waals surface area (Å²) in [4.78, 5) is 14.2. The Morgan fingerprint density at radius 1 is 1.23 bits per heavy atom. The maximum atomic E-state index is 12.3. The maximum absolute atomic E-state index is 12.3. The van der Waals surface area contributed by atoms with Crippen molar-refractivity contribution in [2.75, 3.05) is 30.4 Å². The number of anilines is 2. The molecule has 22 heavy (non-hydrogen) atoms. The molecule has 0 aliphatic rings. The normalized spacial score (nSPS) is 10.4. The monoisotopic (exact) mass is 318 g/mol. The molecular formula is C17H19ClN2O2. The number of aliphatic hydroxyl groups is 1. The van der Waals surface area contributed by atoms with Crippen LogP contribution in [-0.2, 0) is 0 Å². The van der Waals surface area contributed by atoms with Gasteiger partial charge < -0.3 is 15.3 Å². The number of aliphatic hydroxyl groups excluding tert-OH is 1. The number of rotatable bonds is 5. The molecule has 0 unspecified atom stereocenters. The fourth-order valence-electron chi connectivity index (χ4n) is 2.10. The van der Waals surface area contributed by atoms with Gasteiger partial charge in [0.2, 0.25) is 0 Å². The zero-order chi connectivity index (χ0) is 16.1. The topological polar surface area (TPSA) is 52.6 Å². The number of benzene rings is 2. The zero-order valence-corrected chi connectivity index (χ0v) is 13.4. The molecule has 0 aliphatic heterocycles. The summed E-state index contributed by atoms with van der Waals surface area (Å²) in [6.45, 7) is 2.52. The molecule has 0 saturated heterocycles. The average molecular weight is 319 g/mol. The third-order valence-corrected chi connectivity index (χ3v) is 3.94. The van der Waals surface area contributed by atoms with Crippen LogP contribution in [-0.4, -0.2) is 31.2 Å². The highest BCUT2D eigenvalue weighted by molar-refractivity contribution is 6.35. The molecule has 2 N–H and O–H groups in total. The maximum Gasteiger partial charge on any atom is 0.257 e. The number of halogens is 1. The number of amides is 1. The van der Waals surface area contributed by atoms with Gasteiger partial charge in [0.25, 0.3) is 5.91 Å². The lowest BCUT2D eigenvalue weighted by molar-refractivity contribution is 0.102. The molecule has 0 atom stereocenters. The smallest absolute Gasteiger partial charge is 0.257 e. The molecule has 0 bridgehead atoms. The number of nitrogens with one attached hydrogen (secondary N) is 1. The highest BCUT2D eigenvalue weighted by atomic mass is 35.5. The van der Waals surface area contributed by atoms with Crippen LogP contribution in [0.1, 0.15) is 15.9 Å². The van der Waals surface area contributed by atoms with Crippen molar-refractivity contribution in [2.24, 2.45) is 0 Å². The zero-order valence-electron chi connectivity index (χ0n) is 12.6. The van der Waals surface area contributed by atoms with Gasteiger partial charge in [0.1, 0.15) is 0 Å². The van der Waals surface area contributed by atoms with E-state index < -0.39 is 0 Å². The predicted octanol–water partition coefficient (Wildman–Crippen LogP) is 3.33. The number of hydrogen-bond donors (Lipinski definition) is 2. The summed E-state index contributed by atoms with van der Waals surface area (Å²) in [5, 5.41) is 12.2. The Hall–Kier alpha value is -2.04. The van der Waals surface area contributed by atoms with E-state index in [4.69, 9.17) is 16.7 Å². The van der Waals surface area contributed by atoms with Gasteiger partial charge in [-0.05, 0) is 42.8 Å². The van der Waals surface area contributed by atoms with Gasteiger partial charge in [-0.3, -0.25) is 4.79 Å². The van der Waals surface area contributed by atoms with E-state index in [2.05, 4.69) is 5.32 Å². The molecule has 116 valence electrons. The molecule has 0 saturated carbocycles. The first-order chi connectivity index (χ1) is 10.5. The second-order valence-electron chi connectivity index (χ2n) is 5.08. The first kappa shape index (κ1) is 16.3. The molecule has 0 spiro atoms. The van der Waals surface area contributed by atoms with E-state index in [1.807, 2.05) is 55.3 Å². The van der Waals surface area contributed by atoms with Crippen molar-refractivity contribution in [1.82, 2.24) is 0 Å². The summed E-state index contributed by atoms with van der Waals surface area (Å²) < 4.78 is 0. The van der Waals surface area contributed by atoms with E-state index in [0.717, 1.165) is 11.3 Å². The number of aryl methyl sites for hydroxylation is 1. The van der Waals surface area contributed by atoms with Crippen LogP contribution in [0.25, 0.3) is 0 Å². The van der Waals surface area contributed by atoms with Gasteiger partial charge in [-0.1, -0.05) is 23.7 Å². The van der Waals surface area contributed by atoms with E-state index >= 15 is 0 Å².